The fourth-order valence-electron chi connectivity index (χ4n) is 2.22. The van der Waals surface area contributed by atoms with Gasteiger partial charge in [0.2, 0.25) is 6.20 Å². The van der Waals surface area contributed by atoms with Gasteiger partial charge in [-0.05, 0) is 6.07 Å². The molecule has 25 heavy (non-hydrogen) atoms. The van der Waals surface area contributed by atoms with Crippen molar-refractivity contribution in [2.45, 2.75) is 13.3 Å². The van der Waals surface area contributed by atoms with E-state index >= 15 is 0 Å². The number of rotatable bonds is 4. The van der Waals surface area contributed by atoms with Crippen LogP contribution in [0.25, 0.3) is 11.0 Å². The van der Waals surface area contributed by atoms with Crippen LogP contribution in [0.4, 0.5) is 10.5 Å². The molecule has 3 heterocycles. The van der Waals surface area contributed by atoms with Crippen LogP contribution in [0, 0.1) is 5.21 Å². The Bertz CT molecular complexity index is 941. The summed E-state index contributed by atoms with van der Waals surface area (Å²) in [5.74, 6) is 1.22. The molecule has 3 aromatic heterocycles. The van der Waals surface area contributed by atoms with Gasteiger partial charge in [-0.2, -0.15) is 4.73 Å². The third-order valence-electron chi connectivity index (χ3n) is 3.41. The van der Waals surface area contributed by atoms with Crippen LogP contribution in [-0.4, -0.2) is 18.2 Å². The van der Waals surface area contributed by atoms with E-state index in [4.69, 9.17) is 25.5 Å². The number of fused-ring (bicyclic) bond motifs is 1. The maximum Gasteiger partial charge on any atom is 0.417 e. The van der Waals surface area contributed by atoms with E-state index in [1.807, 2.05) is 6.92 Å². The SMILES string of the molecule is CCc1cc2c(OC(=O)Nc3cc[n+]([O-])cc3Cl)cnc(OC)c2o1. The number of anilines is 1. The predicted molar refractivity (Wildman–Crippen MR) is 90.0 cm³/mol. The molecular formula is C16H14ClN3O5. The zero-order valence-corrected chi connectivity index (χ0v) is 14.2. The normalized spacial score (nSPS) is 10.7. The smallest absolute Gasteiger partial charge is 0.417 e. The fraction of sp³-hybridized carbons (Fsp3) is 0.188. The molecule has 0 aliphatic heterocycles. The summed E-state index contributed by atoms with van der Waals surface area (Å²) in [4.78, 5) is 16.2. The van der Waals surface area contributed by atoms with Crippen LogP contribution < -0.4 is 19.5 Å². The molecule has 3 aromatic rings. The summed E-state index contributed by atoms with van der Waals surface area (Å²) < 4.78 is 16.6. The van der Waals surface area contributed by atoms with Gasteiger partial charge in [0, 0.05) is 12.5 Å². The van der Waals surface area contributed by atoms with Crippen LogP contribution in [0.5, 0.6) is 11.6 Å². The van der Waals surface area contributed by atoms with Gasteiger partial charge >= 0.3 is 6.09 Å². The maximum atomic E-state index is 12.1. The van der Waals surface area contributed by atoms with Crippen molar-refractivity contribution in [2.75, 3.05) is 12.4 Å². The summed E-state index contributed by atoms with van der Waals surface area (Å²) in [5, 5.41) is 14.2. The van der Waals surface area contributed by atoms with E-state index in [0.717, 1.165) is 6.20 Å². The number of ether oxygens (including phenoxy) is 2. The molecule has 1 N–H and O–H groups in total. The Hall–Kier alpha value is -3.00. The number of methoxy groups -OCH3 is 1. The summed E-state index contributed by atoms with van der Waals surface area (Å²) in [6.07, 6.45) is 3.58. The maximum absolute atomic E-state index is 12.1. The summed E-state index contributed by atoms with van der Waals surface area (Å²) >= 11 is 5.90. The largest absolute Gasteiger partial charge is 0.619 e. The van der Waals surface area contributed by atoms with Crippen LogP contribution in [0.1, 0.15) is 12.7 Å². The Labute approximate surface area is 147 Å². The van der Waals surface area contributed by atoms with Gasteiger partial charge in [-0.25, -0.2) is 9.78 Å². The van der Waals surface area contributed by atoms with E-state index < -0.39 is 6.09 Å². The number of hydrogen-bond donors (Lipinski definition) is 1. The highest BCUT2D eigenvalue weighted by atomic mass is 35.5. The number of nitrogens with one attached hydrogen (secondary N) is 1. The van der Waals surface area contributed by atoms with E-state index in [0.29, 0.717) is 33.8 Å². The van der Waals surface area contributed by atoms with Gasteiger partial charge in [0.25, 0.3) is 5.88 Å². The number of pyridine rings is 2. The third kappa shape index (κ3) is 3.43. The summed E-state index contributed by atoms with van der Waals surface area (Å²) in [7, 11) is 1.48. The Balaban J connectivity index is 1.87. The molecule has 8 nitrogen and oxygen atoms in total. The van der Waals surface area contributed by atoms with Crippen molar-refractivity contribution >= 4 is 34.4 Å². The van der Waals surface area contributed by atoms with Crippen molar-refractivity contribution in [3.8, 4) is 11.6 Å². The molecule has 0 aliphatic carbocycles. The second kappa shape index (κ2) is 6.86. The molecule has 0 fully saturated rings. The molecule has 130 valence electrons. The minimum atomic E-state index is -0.780. The van der Waals surface area contributed by atoms with Gasteiger partial charge in [-0.15, -0.1) is 0 Å². The summed E-state index contributed by atoms with van der Waals surface area (Å²) in [6, 6.07) is 3.13. The van der Waals surface area contributed by atoms with Crippen molar-refractivity contribution < 1.29 is 23.4 Å². The number of aryl methyl sites for hydroxylation is 1. The molecule has 0 bridgehead atoms. The van der Waals surface area contributed by atoms with E-state index in [1.165, 1.54) is 25.6 Å². The molecule has 0 atom stereocenters. The highest BCUT2D eigenvalue weighted by Gasteiger charge is 2.18. The van der Waals surface area contributed by atoms with Gasteiger partial charge in [-0.1, -0.05) is 18.5 Å². The number of halogens is 1. The number of carbonyl (C=O) groups excluding carboxylic acids is 1. The molecule has 0 spiro atoms. The highest BCUT2D eigenvalue weighted by Crippen LogP contribution is 2.34. The Morgan fingerprint density at radius 1 is 1.52 bits per heavy atom. The van der Waals surface area contributed by atoms with E-state index in [2.05, 4.69) is 10.3 Å². The minimum Gasteiger partial charge on any atom is -0.619 e. The highest BCUT2D eigenvalue weighted by molar-refractivity contribution is 6.33. The third-order valence-corrected chi connectivity index (χ3v) is 3.71. The van der Waals surface area contributed by atoms with Crippen molar-refractivity contribution in [3.05, 3.63) is 46.7 Å². The van der Waals surface area contributed by atoms with Gasteiger partial charge in [0.1, 0.15) is 10.8 Å². The first-order valence-electron chi connectivity index (χ1n) is 7.34. The van der Waals surface area contributed by atoms with Gasteiger partial charge in [-0.3, -0.25) is 5.32 Å². The summed E-state index contributed by atoms with van der Waals surface area (Å²) in [5.41, 5.74) is 0.646. The average Bonchev–Trinajstić information content (AvgIpc) is 3.02. The molecule has 1 amide bonds. The van der Waals surface area contributed by atoms with Gasteiger partial charge in [0.15, 0.2) is 17.5 Å². The molecule has 0 saturated heterocycles. The molecule has 0 saturated carbocycles. The molecule has 0 aliphatic rings. The van der Waals surface area contributed by atoms with Crippen LogP contribution in [0.15, 0.2) is 35.1 Å². The molecule has 9 heteroatoms. The lowest BCUT2D eigenvalue weighted by atomic mass is 10.2. The average molecular weight is 364 g/mol. The number of furan rings is 1. The van der Waals surface area contributed by atoms with Crippen LogP contribution >= 0.6 is 11.6 Å². The van der Waals surface area contributed by atoms with Gasteiger partial charge < -0.3 is 19.1 Å². The summed E-state index contributed by atoms with van der Waals surface area (Å²) in [6.45, 7) is 1.94. The first-order valence-corrected chi connectivity index (χ1v) is 7.72. The fourth-order valence-corrected chi connectivity index (χ4v) is 2.43. The number of carbonyl (C=O) groups is 1. The van der Waals surface area contributed by atoms with Crippen molar-refractivity contribution in [2.24, 2.45) is 0 Å². The second-order valence-corrected chi connectivity index (χ2v) is 5.43. The standard InChI is InChI=1S/C16H14ClN3O5/c1-3-9-6-10-13(7-18-15(23-2)14(10)24-9)25-16(21)19-12-4-5-20(22)8-11(12)17/h4-8H,3H2,1-2H3,(H,19,21). The Morgan fingerprint density at radius 2 is 2.32 bits per heavy atom. The zero-order chi connectivity index (χ0) is 18.0. The first kappa shape index (κ1) is 16.8. The number of amides is 1. The molecule has 0 radical (unpaired) electrons. The minimum absolute atomic E-state index is 0.0871. The van der Waals surface area contributed by atoms with Crippen molar-refractivity contribution in [1.29, 1.82) is 0 Å². The zero-order valence-electron chi connectivity index (χ0n) is 13.4. The lowest BCUT2D eigenvalue weighted by molar-refractivity contribution is -0.605. The quantitative estimate of drug-likeness (QED) is 0.563. The monoisotopic (exact) mass is 363 g/mol. The number of aromatic nitrogens is 2. The van der Waals surface area contributed by atoms with E-state index in [9.17, 15) is 10.0 Å². The Morgan fingerprint density at radius 3 is 3.00 bits per heavy atom. The number of hydrogen-bond acceptors (Lipinski definition) is 6. The van der Waals surface area contributed by atoms with E-state index in [-0.39, 0.29) is 16.5 Å². The number of nitrogens with zero attached hydrogens (tertiary/aromatic N) is 2. The van der Waals surface area contributed by atoms with Gasteiger partial charge in [0.05, 0.1) is 24.4 Å². The van der Waals surface area contributed by atoms with E-state index in [1.54, 1.807) is 6.07 Å². The Kier molecular flexibility index (Phi) is 4.62. The molecular weight excluding hydrogens is 350 g/mol. The van der Waals surface area contributed by atoms with Crippen LogP contribution in [0.3, 0.4) is 0 Å². The molecule has 3 rings (SSSR count). The second-order valence-electron chi connectivity index (χ2n) is 5.02. The van der Waals surface area contributed by atoms with Crippen molar-refractivity contribution in [3.63, 3.8) is 0 Å². The van der Waals surface area contributed by atoms with Crippen LogP contribution in [-0.2, 0) is 6.42 Å². The molecule has 0 unspecified atom stereocenters. The predicted octanol–water partition coefficient (Wildman–Crippen LogP) is 3.30. The first-order chi connectivity index (χ1) is 12.0. The lowest BCUT2D eigenvalue weighted by Gasteiger charge is -2.08. The topological polar surface area (TPSA) is 101 Å². The molecule has 0 aromatic carbocycles. The van der Waals surface area contributed by atoms with Crippen LogP contribution in [0.2, 0.25) is 5.02 Å². The lowest BCUT2D eigenvalue weighted by Crippen LogP contribution is -2.25. The van der Waals surface area contributed by atoms with Crippen molar-refractivity contribution in [1.82, 2.24) is 4.98 Å².